The number of hydrogen-bond acceptors (Lipinski definition) is 3. The number of anilines is 1. The lowest BCUT2D eigenvalue weighted by molar-refractivity contribution is -0.136. The summed E-state index contributed by atoms with van der Waals surface area (Å²) in [5.74, 6) is -1.34. The van der Waals surface area contributed by atoms with Gasteiger partial charge in [-0.05, 0) is 24.6 Å². The van der Waals surface area contributed by atoms with Crippen LogP contribution in [-0.2, 0) is 14.3 Å². The van der Waals surface area contributed by atoms with Crippen LogP contribution in [0.4, 0.5) is 5.69 Å². The third kappa shape index (κ3) is 4.65. The number of aryl methyl sites for hydroxylation is 1. The minimum Gasteiger partial charge on any atom is -0.383 e. The Morgan fingerprint density at radius 1 is 1.29 bits per heavy atom. The first-order chi connectivity index (χ1) is 8.13. The number of amides is 2. The molecule has 17 heavy (non-hydrogen) atoms. The van der Waals surface area contributed by atoms with E-state index < -0.39 is 11.8 Å². The zero-order chi connectivity index (χ0) is 12.7. The van der Waals surface area contributed by atoms with Crippen molar-refractivity contribution < 1.29 is 14.3 Å². The number of carbonyl (C=O) groups is 2. The number of carbonyl (C=O) groups excluding carboxylic acids is 2. The van der Waals surface area contributed by atoms with E-state index in [-0.39, 0.29) is 0 Å². The molecule has 5 nitrogen and oxygen atoms in total. The fourth-order valence-corrected chi connectivity index (χ4v) is 1.26. The van der Waals surface area contributed by atoms with E-state index in [9.17, 15) is 9.59 Å². The van der Waals surface area contributed by atoms with Crippen LogP contribution in [0, 0.1) is 6.92 Å². The fraction of sp³-hybridized carbons (Fsp3) is 0.333. The Bertz CT molecular complexity index is 404. The zero-order valence-corrected chi connectivity index (χ0v) is 9.95. The van der Waals surface area contributed by atoms with Crippen molar-refractivity contribution in [2.75, 3.05) is 25.6 Å². The molecule has 5 heteroatoms. The smallest absolute Gasteiger partial charge is 0.313 e. The Labute approximate surface area is 100 Å². The van der Waals surface area contributed by atoms with Crippen LogP contribution in [0.5, 0.6) is 0 Å². The zero-order valence-electron chi connectivity index (χ0n) is 9.95. The van der Waals surface area contributed by atoms with E-state index in [4.69, 9.17) is 4.74 Å². The quantitative estimate of drug-likeness (QED) is 0.597. The summed E-state index contributed by atoms with van der Waals surface area (Å²) in [6, 6.07) is 7.25. The van der Waals surface area contributed by atoms with Crippen molar-refractivity contribution in [2.24, 2.45) is 0 Å². The second-order valence-corrected chi connectivity index (χ2v) is 3.57. The monoisotopic (exact) mass is 236 g/mol. The Balaban J connectivity index is 2.46. The van der Waals surface area contributed by atoms with E-state index in [0.717, 1.165) is 5.56 Å². The molecule has 0 unspecified atom stereocenters. The van der Waals surface area contributed by atoms with Gasteiger partial charge in [0.05, 0.1) is 6.61 Å². The number of methoxy groups -OCH3 is 1. The third-order valence-corrected chi connectivity index (χ3v) is 2.07. The van der Waals surface area contributed by atoms with Crippen LogP contribution < -0.4 is 10.6 Å². The summed E-state index contributed by atoms with van der Waals surface area (Å²) in [4.78, 5) is 22.8. The highest BCUT2D eigenvalue weighted by molar-refractivity contribution is 6.39. The molecule has 0 aromatic heterocycles. The van der Waals surface area contributed by atoms with E-state index in [1.807, 2.05) is 19.1 Å². The largest absolute Gasteiger partial charge is 0.383 e. The average Bonchev–Trinajstić information content (AvgIpc) is 2.29. The lowest BCUT2D eigenvalue weighted by Gasteiger charge is -2.06. The van der Waals surface area contributed by atoms with Crippen LogP contribution in [0.1, 0.15) is 5.56 Å². The molecule has 0 saturated carbocycles. The van der Waals surface area contributed by atoms with Crippen molar-refractivity contribution >= 4 is 17.5 Å². The van der Waals surface area contributed by atoms with Crippen molar-refractivity contribution in [1.29, 1.82) is 0 Å². The van der Waals surface area contributed by atoms with E-state index in [2.05, 4.69) is 10.6 Å². The fourth-order valence-electron chi connectivity index (χ4n) is 1.26. The van der Waals surface area contributed by atoms with Gasteiger partial charge in [0.1, 0.15) is 0 Å². The molecule has 0 heterocycles. The van der Waals surface area contributed by atoms with Crippen molar-refractivity contribution in [2.45, 2.75) is 6.92 Å². The second kappa shape index (κ2) is 6.65. The minimum absolute atomic E-state index is 0.316. The first kappa shape index (κ1) is 13.2. The van der Waals surface area contributed by atoms with Gasteiger partial charge in [-0.1, -0.05) is 12.1 Å². The molecule has 0 radical (unpaired) electrons. The molecular weight excluding hydrogens is 220 g/mol. The van der Waals surface area contributed by atoms with Crippen molar-refractivity contribution in [3.63, 3.8) is 0 Å². The normalized spacial score (nSPS) is 9.76. The Morgan fingerprint density at radius 3 is 2.71 bits per heavy atom. The molecular formula is C12H16N2O3. The summed E-state index contributed by atoms with van der Waals surface area (Å²) in [7, 11) is 1.53. The third-order valence-electron chi connectivity index (χ3n) is 2.07. The van der Waals surface area contributed by atoms with Gasteiger partial charge in [-0.25, -0.2) is 0 Å². The van der Waals surface area contributed by atoms with Gasteiger partial charge in [-0.3, -0.25) is 9.59 Å². The van der Waals surface area contributed by atoms with Crippen LogP contribution in [0.2, 0.25) is 0 Å². The average molecular weight is 236 g/mol. The molecule has 0 saturated heterocycles. The van der Waals surface area contributed by atoms with E-state index in [0.29, 0.717) is 18.8 Å². The number of hydrogen-bond donors (Lipinski definition) is 2. The summed E-state index contributed by atoms with van der Waals surface area (Å²) in [6.45, 7) is 2.61. The molecule has 2 N–H and O–H groups in total. The van der Waals surface area contributed by atoms with Gasteiger partial charge in [-0.2, -0.15) is 0 Å². The number of benzene rings is 1. The topological polar surface area (TPSA) is 67.4 Å². The van der Waals surface area contributed by atoms with Gasteiger partial charge in [0.2, 0.25) is 0 Å². The molecule has 0 aliphatic carbocycles. The summed E-state index contributed by atoms with van der Waals surface area (Å²) < 4.78 is 4.76. The standard InChI is InChI=1S/C12H16N2O3/c1-9-4-3-5-10(8-9)14-12(16)11(15)13-6-7-17-2/h3-5,8H,6-7H2,1-2H3,(H,13,15)(H,14,16). The summed E-state index contributed by atoms with van der Waals surface area (Å²) in [5.41, 5.74) is 1.62. The molecule has 0 fully saturated rings. The van der Waals surface area contributed by atoms with E-state index >= 15 is 0 Å². The van der Waals surface area contributed by atoms with Gasteiger partial charge >= 0.3 is 11.8 Å². The molecule has 92 valence electrons. The predicted octanol–water partition coefficient (Wildman–Crippen LogP) is 0.696. The summed E-state index contributed by atoms with van der Waals surface area (Å²) >= 11 is 0. The highest BCUT2D eigenvalue weighted by Gasteiger charge is 2.12. The van der Waals surface area contributed by atoms with Crippen molar-refractivity contribution in [1.82, 2.24) is 5.32 Å². The first-order valence-electron chi connectivity index (χ1n) is 5.28. The highest BCUT2D eigenvalue weighted by Crippen LogP contribution is 2.08. The lowest BCUT2D eigenvalue weighted by atomic mass is 10.2. The molecule has 0 aliphatic rings. The minimum atomic E-state index is -0.674. The van der Waals surface area contributed by atoms with Gasteiger partial charge in [-0.15, -0.1) is 0 Å². The highest BCUT2D eigenvalue weighted by atomic mass is 16.5. The van der Waals surface area contributed by atoms with E-state index in [1.54, 1.807) is 12.1 Å². The Morgan fingerprint density at radius 2 is 2.06 bits per heavy atom. The number of nitrogens with one attached hydrogen (secondary N) is 2. The van der Waals surface area contributed by atoms with Gasteiger partial charge in [0.15, 0.2) is 0 Å². The molecule has 0 aliphatic heterocycles. The van der Waals surface area contributed by atoms with Crippen molar-refractivity contribution in [3.05, 3.63) is 29.8 Å². The molecule has 0 bridgehead atoms. The van der Waals surface area contributed by atoms with Crippen LogP contribution in [0.25, 0.3) is 0 Å². The number of ether oxygens (including phenoxy) is 1. The molecule has 1 rings (SSSR count). The van der Waals surface area contributed by atoms with Gasteiger partial charge in [0, 0.05) is 19.3 Å². The van der Waals surface area contributed by atoms with Gasteiger partial charge in [0.25, 0.3) is 0 Å². The maximum atomic E-state index is 11.5. The predicted molar refractivity (Wildman–Crippen MR) is 64.7 cm³/mol. The van der Waals surface area contributed by atoms with E-state index in [1.165, 1.54) is 7.11 Å². The Hall–Kier alpha value is -1.88. The summed E-state index contributed by atoms with van der Waals surface area (Å²) in [5, 5.41) is 4.96. The van der Waals surface area contributed by atoms with Crippen LogP contribution in [-0.4, -0.2) is 32.1 Å². The molecule has 0 spiro atoms. The molecule has 2 amide bonds. The molecule has 1 aromatic carbocycles. The molecule has 0 atom stereocenters. The Kier molecular flexibility index (Phi) is 5.16. The van der Waals surface area contributed by atoms with Gasteiger partial charge < -0.3 is 15.4 Å². The summed E-state index contributed by atoms with van der Waals surface area (Å²) in [6.07, 6.45) is 0. The maximum Gasteiger partial charge on any atom is 0.313 e. The van der Waals surface area contributed by atoms with Crippen LogP contribution in [0.3, 0.4) is 0 Å². The maximum absolute atomic E-state index is 11.5. The van der Waals surface area contributed by atoms with Crippen LogP contribution in [0.15, 0.2) is 24.3 Å². The van der Waals surface area contributed by atoms with Crippen LogP contribution >= 0.6 is 0 Å². The molecule has 1 aromatic rings. The van der Waals surface area contributed by atoms with Crippen molar-refractivity contribution in [3.8, 4) is 0 Å². The first-order valence-corrected chi connectivity index (χ1v) is 5.28. The lowest BCUT2D eigenvalue weighted by Crippen LogP contribution is -2.37. The second-order valence-electron chi connectivity index (χ2n) is 3.57. The number of rotatable bonds is 4. The SMILES string of the molecule is COCCNC(=O)C(=O)Nc1cccc(C)c1.